The number of methoxy groups -OCH3 is 1. The maximum absolute atomic E-state index is 14.1. The van der Waals surface area contributed by atoms with Gasteiger partial charge in [0.25, 0.3) is 0 Å². The van der Waals surface area contributed by atoms with Crippen LogP contribution in [0.1, 0.15) is 18.0 Å². The molecule has 1 fully saturated rings. The monoisotopic (exact) mass is 486 g/mol. The first kappa shape index (κ1) is 23.5. The summed E-state index contributed by atoms with van der Waals surface area (Å²) in [6.07, 6.45) is -2.48. The van der Waals surface area contributed by atoms with Gasteiger partial charge in [0.1, 0.15) is 29.6 Å². The topological polar surface area (TPSA) is 90.8 Å². The molecule has 0 radical (unpaired) electrons. The maximum Gasteiger partial charge on any atom is 0.408 e. The Balaban J connectivity index is 1.56. The molecule has 1 aliphatic rings. The Bertz CT molecular complexity index is 1340. The Morgan fingerprint density at radius 3 is 2.71 bits per heavy atom. The number of para-hydroxylation sites is 1. The average molecular weight is 486 g/mol. The number of likely N-dealkylation sites (tertiary alicyclic amines) is 1. The summed E-state index contributed by atoms with van der Waals surface area (Å²) in [6, 6.07) is 10.2. The zero-order chi connectivity index (χ0) is 24.6. The number of fused-ring (bicyclic) bond motifs is 2. The number of aromatic nitrogens is 4. The Hall–Kier alpha value is -3.28. The summed E-state index contributed by atoms with van der Waals surface area (Å²) in [7, 11) is 1.59. The fourth-order valence-corrected chi connectivity index (χ4v) is 4.50. The fraction of sp³-hybridized carbons (Fsp3) is 0.375. The molecule has 3 aromatic heterocycles. The summed E-state index contributed by atoms with van der Waals surface area (Å²) in [5, 5.41) is 9.23. The van der Waals surface area contributed by atoms with Crippen LogP contribution in [0.5, 0.6) is 5.75 Å². The first-order valence-electron chi connectivity index (χ1n) is 11.3. The van der Waals surface area contributed by atoms with Crippen LogP contribution >= 0.6 is 0 Å². The molecule has 1 aromatic carbocycles. The van der Waals surface area contributed by atoms with E-state index in [-0.39, 0.29) is 24.7 Å². The van der Waals surface area contributed by atoms with Gasteiger partial charge in [0.05, 0.1) is 6.61 Å². The molecule has 184 valence electrons. The van der Waals surface area contributed by atoms with Crippen molar-refractivity contribution in [2.75, 3.05) is 33.4 Å². The van der Waals surface area contributed by atoms with E-state index < -0.39 is 12.2 Å². The van der Waals surface area contributed by atoms with Crippen molar-refractivity contribution in [2.45, 2.75) is 24.7 Å². The van der Waals surface area contributed by atoms with Crippen molar-refractivity contribution >= 4 is 16.6 Å². The van der Waals surface area contributed by atoms with Crippen molar-refractivity contribution in [1.29, 1.82) is 0 Å². The normalized spacial score (nSPS) is 17.9. The lowest BCUT2D eigenvalue weighted by atomic mass is 10.1. The number of pyridine rings is 2. The summed E-state index contributed by atoms with van der Waals surface area (Å²) in [4.78, 5) is 6.10. The number of halogens is 3. The molecular formula is C24H25F3N6O2. The molecule has 5 rings (SSSR count). The van der Waals surface area contributed by atoms with E-state index in [1.54, 1.807) is 23.6 Å². The van der Waals surface area contributed by atoms with Crippen LogP contribution in [0.4, 0.5) is 13.2 Å². The number of alkyl halides is 3. The lowest BCUT2D eigenvalue weighted by Crippen LogP contribution is -2.38. The van der Waals surface area contributed by atoms with Gasteiger partial charge >= 0.3 is 6.18 Å². The number of benzene rings is 1. The van der Waals surface area contributed by atoms with Crippen molar-refractivity contribution in [3.63, 3.8) is 0 Å². The van der Waals surface area contributed by atoms with Crippen LogP contribution in [0.15, 0.2) is 48.7 Å². The molecule has 2 N–H and O–H groups in total. The fourth-order valence-electron chi connectivity index (χ4n) is 4.50. The third kappa shape index (κ3) is 4.66. The predicted molar refractivity (Wildman–Crippen MR) is 124 cm³/mol. The van der Waals surface area contributed by atoms with E-state index in [1.165, 1.54) is 17.2 Å². The van der Waals surface area contributed by atoms with Gasteiger partial charge < -0.3 is 15.2 Å². The molecule has 2 atom stereocenters. The largest absolute Gasteiger partial charge is 0.489 e. The highest BCUT2D eigenvalue weighted by Gasteiger charge is 2.46. The Labute approximate surface area is 199 Å². The van der Waals surface area contributed by atoms with E-state index in [0.29, 0.717) is 48.1 Å². The van der Waals surface area contributed by atoms with Crippen LogP contribution in [0.3, 0.4) is 0 Å². The van der Waals surface area contributed by atoms with Crippen molar-refractivity contribution in [1.82, 2.24) is 24.5 Å². The lowest BCUT2D eigenvalue weighted by Gasteiger charge is -2.30. The van der Waals surface area contributed by atoms with Crippen molar-refractivity contribution in [3.05, 3.63) is 54.2 Å². The Morgan fingerprint density at radius 2 is 1.97 bits per heavy atom. The number of nitrogens with zero attached hydrogens (tertiary/aromatic N) is 5. The van der Waals surface area contributed by atoms with E-state index >= 15 is 0 Å². The van der Waals surface area contributed by atoms with Crippen LogP contribution in [-0.2, 0) is 4.74 Å². The minimum atomic E-state index is -4.46. The minimum Gasteiger partial charge on any atom is -0.489 e. The van der Waals surface area contributed by atoms with E-state index in [2.05, 4.69) is 10.2 Å². The number of rotatable bonds is 7. The van der Waals surface area contributed by atoms with Crippen molar-refractivity contribution in [2.24, 2.45) is 5.73 Å². The quantitative estimate of drug-likeness (QED) is 0.399. The van der Waals surface area contributed by atoms with Crippen LogP contribution in [0.25, 0.3) is 28.1 Å². The van der Waals surface area contributed by atoms with Crippen molar-refractivity contribution < 1.29 is 22.6 Å². The summed E-state index contributed by atoms with van der Waals surface area (Å²) in [6.45, 7) is 1.26. The molecule has 0 bridgehead atoms. The first-order valence-corrected chi connectivity index (χ1v) is 11.3. The molecule has 0 aliphatic carbocycles. The summed E-state index contributed by atoms with van der Waals surface area (Å²) >= 11 is 0. The van der Waals surface area contributed by atoms with Crippen LogP contribution in [0.2, 0.25) is 0 Å². The molecule has 1 unspecified atom stereocenters. The van der Waals surface area contributed by atoms with Gasteiger partial charge in [-0.15, -0.1) is 10.2 Å². The zero-order valence-corrected chi connectivity index (χ0v) is 19.1. The molecule has 35 heavy (non-hydrogen) atoms. The molecule has 0 saturated carbocycles. The smallest absolute Gasteiger partial charge is 0.408 e. The summed E-state index contributed by atoms with van der Waals surface area (Å²) in [5.41, 5.74) is 7.51. The van der Waals surface area contributed by atoms with Gasteiger partial charge in [-0.2, -0.15) is 13.2 Å². The highest BCUT2D eigenvalue weighted by atomic mass is 19.4. The number of ether oxygens (including phenoxy) is 2. The van der Waals surface area contributed by atoms with Gasteiger partial charge in [0.15, 0.2) is 11.5 Å². The third-order valence-corrected chi connectivity index (χ3v) is 6.13. The summed E-state index contributed by atoms with van der Waals surface area (Å²) < 4.78 is 54.8. The number of hydrogen-bond donors (Lipinski definition) is 1. The molecule has 0 amide bonds. The molecule has 1 aliphatic heterocycles. The minimum absolute atomic E-state index is 0.101. The van der Waals surface area contributed by atoms with E-state index in [0.717, 1.165) is 5.39 Å². The summed E-state index contributed by atoms with van der Waals surface area (Å²) in [5.74, 6) is 0.924. The molecule has 8 nitrogen and oxygen atoms in total. The van der Waals surface area contributed by atoms with Gasteiger partial charge in [-0.3, -0.25) is 9.30 Å². The van der Waals surface area contributed by atoms with Gasteiger partial charge in [0, 0.05) is 37.8 Å². The molecule has 4 aromatic rings. The molecular weight excluding hydrogens is 461 g/mol. The highest BCUT2D eigenvalue weighted by Crippen LogP contribution is 2.39. The second-order valence-electron chi connectivity index (χ2n) is 8.57. The lowest BCUT2D eigenvalue weighted by molar-refractivity contribution is -0.183. The van der Waals surface area contributed by atoms with E-state index in [1.807, 2.05) is 24.3 Å². The van der Waals surface area contributed by atoms with Crippen LogP contribution < -0.4 is 10.5 Å². The molecule has 1 saturated heterocycles. The Kier molecular flexibility index (Phi) is 6.30. The molecule has 4 heterocycles. The maximum atomic E-state index is 14.1. The van der Waals surface area contributed by atoms with Crippen LogP contribution in [0, 0.1) is 0 Å². The third-order valence-electron chi connectivity index (χ3n) is 6.13. The van der Waals surface area contributed by atoms with Gasteiger partial charge in [0.2, 0.25) is 0 Å². The standard InChI is InChI=1S/C24H25F3N6O2/c1-34-11-12-35-19-4-2-3-15-5-7-18(29-21(15)19)23-31-30-20-8-6-16(13-33(20)23)22(24(25,26)27)32-10-9-17(28)14-32/h2-8,13,17,22H,9-12,14,28H2,1H3/t17?,22-/m1/s1. The first-order chi connectivity index (χ1) is 16.8. The average Bonchev–Trinajstić information content (AvgIpc) is 3.44. The molecule has 0 spiro atoms. The van der Waals surface area contributed by atoms with Gasteiger partial charge in [-0.05, 0) is 30.2 Å². The van der Waals surface area contributed by atoms with Gasteiger partial charge in [-0.1, -0.05) is 24.3 Å². The van der Waals surface area contributed by atoms with Crippen molar-refractivity contribution in [3.8, 4) is 17.3 Å². The highest BCUT2D eigenvalue weighted by molar-refractivity contribution is 5.86. The second-order valence-corrected chi connectivity index (χ2v) is 8.57. The van der Waals surface area contributed by atoms with Crippen LogP contribution in [-0.4, -0.2) is 70.1 Å². The molecule has 11 heteroatoms. The number of nitrogens with two attached hydrogens (primary N) is 1. The second kappa shape index (κ2) is 9.40. The predicted octanol–water partition coefficient (Wildman–Crippen LogP) is 3.61. The Morgan fingerprint density at radius 1 is 1.11 bits per heavy atom. The van der Waals surface area contributed by atoms with Gasteiger partial charge in [-0.25, -0.2) is 4.98 Å². The van der Waals surface area contributed by atoms with E-state index in [9.17, 15) is 13.2 Å². The van der Waals surface area contributed by atoms with E-state index in [4.69, 9.17) is 20.2 Å². The SMILES string of the molecule is COCCOc1cccc2ccc(-c3nnc4ccc([C@@H](N5CCC(N)C5)C(F)(F)F)cn34)nc12. The zero-order valence-electron chi connectivity index (χ0n) is 19.1. The number of hydrogen-bond acceptors (Lipinski definition) is 7.